The number of rotatable bonds is 6. The lowest BCUT2D eigenvalue weighted by molar-refractivity contribution is -0.134. The van der Waals surface area contributed by atoms with E-state index in [0.717, 1.165) is 50.5 Å². The molecule has 4 aliphatic rings. The summed E-state index contributed by atoms with van der Waals surface area (Å²) < 4.78 is 40.6. The van der Waals surface area contributed by atoms with Gasteiger partial charge in [0.15, 0.2) is 0 Å². The maximum absolute atomic E-state index is 15.3. The first-order valence-corrected chi connectivity index (χ1v) is 22.1. The van der Waals surface area contributed by atoms with Gasteiger partial charge < -0.3 is 14.2 Å². The van der Waals surface area contributed by atoms with Crippen molar-refractivity contribution in [1.82, 2.24) is 39.4 Å². The second-order valence-corrected chi connectivity index (χ2v) is 17.9. The molecule has 4 amide bonds. The van der Waals surface area contributed by atoms with Gasteiger partial charge in [-0.1, -0.05) is 13.3 Å². The van der Waals surface area contributed by atoms with Crippen LogP contribution in [-0.4, -0.2) is 96.1 Å². The summed E-state index contributed by atoms with van der Waals surface area (Å²) in [5.41, 5.74) is 4.59. The smallest absolute Gasteiger partial charge is 0.258 e. The highest BCUT2D eigenvalue weighted by Gasteiger charge is 2.41. The molecular formula is C47H53F2N9O5. The van der Waals surface area contributed by atoms with Crippen LogP contribution in [0.15, 0.2) is 48.7 Å². The number of imide groups is 1. The van der Waals surface area contributed by atoms with Gasteiger partial charge >= 0.3 is 0 Å². The number of pyridine rings is 1. The molecule has 14 nitrogen and oxygen atoms in total. The zero-order valence-corrected chi connectivity index (χ0v) is 36.1. The Morgan fingerprint density at radius 1 is 0.952 bits per heavy atom. The molecule has 0 spiro atoms. The first-order chi connectivity index (χ1) is 30.3. The maximum Gasteiger partial charge on any atom is 0.258 e. The lowest BCUT2D eigenvalue weighted by Gasteiger charge is -2.50. The Hall–Kier alpha value is -6.03. The molecule has 3 saturated heterocycles. The molecule has 2 aromatic carbocycles. The second kappa shape index (κ2) is 17.3. The summed E-state index contributed by atoms with van der Waals surface area (Å²) in [6.07, 6.45) is 8.49. The molecule has 4 atom stereocenters. The molecular weight excluding hydrogens is 809 g/mol. The number of aromatic nitrogens is 5. The van der Waals surface area contributed by atoms with Gasteiger partial charge in [-0.05, 0) is 112 Å². The minimum absolute atomic E-state index is 0.00251. The minimum Gasteiger partial charge on any atom is -0.477 e. The van der Waals surface area contributed by atoms with Crippen LogP contribution in [0.3, 0.4) is 0 Å². The van der Waals surface area contributed by atoms with Crippen molar-refractivity contribution in [3.05, 3.63) is 88.2 Å². The van der Waals surface area contributed by atoms with Gasteiger partial charge in [-0.15, -0.1) is 0 Å². The van der Waals surface area contributed by atoms with E-state index in [1.54, 1.807) is 29.1 Å². The van der Waals surface area contributed by atoms with E-state index in [0.29, 0.717) is 77.1 Å². The van der Waals surface area contributed by atoms with Crippen LogP contribution in [-0.2, 0) is 29.6 Å². The fraction of sp³-hybridized carbons (Fsp3) is 0.468. The number of piperidine rings is 3. The van der Waals surface area contributed by atoms with Gasteiger partial charge in [-0.3, -0.25) is 39.7 Å². The summed E-state index contributed by atoms with van der Waals surface area (Å²) in [4.78, 5) is 66.1. The highest BCUT2D eigenvalue weighted by molar-refractivity contribution is 6.05. The molecule has 7 heterocycles. The van der Waals surface area contributed by atoms with E-state index in [1.165, 1.54) is 12.1 Å². The predicted octanol–water partition coefficient (Wildman–Crippen LogP) is 6.70. The third-order valence-corrected chi connectivity index (χ3v) is 13.5. The molecule has 0 saturated carbocycles. The van der Waals surface area contributed by atoms with Gasteiger partial charge in [0.25, 0.3) is 11.8 Å². The Balaban J connectivity index is 0.910. The standard InChI is InChI=1S/C47H53F2N9O5/c1-26-7-6-16-63-46-35(24-50-56(46)4)39-20-30(17-27(2)51-39)43(60)54-47-52-38-12-10-29(21-40(38)58(47)25-26)45(62)55(3)33-22-31-8-5-9-32(23-33)57(31)15-14-28-18-36(48)42(37(49)19-28)34-11-13-41(59)53-44(34)61/h10,12,17-21,24,26,31-34H,5-9,11,13-16,22-23,25H2,1-4H3,(H,52,54,60)(H,53,59,61)/t26-,31?,32?,33?,34-/m1/s1. The van der Waals surface area contributed by atoms with E-state index in [4.69, 9.17) is 14.7 Å². The van der Waals surface area contributed by atoms with Crippen LogP contribution in [0.25, 0.3) is 22.3 Å². The molecule has 0 aliphatic carbocycles. The molecule has 3 fully saturated rings. The lowest BCUT2D eigenvalue weighted by atomic mass is 9.81. The number of fused-ring (bicyclic) bond motifs is 9. The molecule has 16 heteroatoms. The monoisotopic (exact) mass is 861 g/mol. The Kier molecular flexibility index (Phi) is 11.6. The summed E-state index contributed by atoms with van der Waals surface area (Å²) in [5, 5.41) is 9.66. The van der Waals surface area contributed by atoms with E-state index in [-0.39, 0.29) is 54.3 Å². The number of anilines is 1. The molecule has 4 bridgehead atoms. The summed E-state index contributed by atoms with van der Waals surface area (Å²) in [6, 6.07) is 12.1. The summed E-state index contributed by atoms with van der Waals surface area (Å²) in [6.45, 7) is 5.66. The molecule has 2 N–H and O–H groups in total. The topological polar surface area (TPSA) is 157 Å². The second-order valence-electron chi connectivity index (χ2n) is 17.9. The third-order valence-electron chi connectivity index (χ3n) is 13.5. The Labute approximate surface area is 364 Å². The summed E-state index contributed by atoms with van der Waals surface area (Å²) in [5.74, 6) is -2.90. The average molecular weight is 862 g/mol. The number of halogens is 2. The zero-order chi connectivity index (χ0) is 44.1. The maximum atomic E-state index is 15.3. The van der Waals surface area contributed by atoms with Crippen LogP contribution in [0.2, 0.25) is 0 Å². The predicted molar refractivity (Wildman–Crippen MR) is 231 cm³/mol. The fourth-order valence-electron chi connectivity index (χ4n) is 10.3. The third kappa shape index (κ3) is 8.44. The highest BCUT2D eigenvalue weighted by Crippen LogP contribution is 2.38. The van der Waals surface area contributed by atoms with Crippen LogP contribution in [0.1, 0.15) is 108 Å². The molecule has 3 aromatic heterocycles. The van der Waals surface area contributed by atoms with Gasteiger partial charge in [-0.2, -0.15) is 5.10 Å². The Bertz CT molecular complexity index is 2590. The van der Waals surface area contributed by atoms with Crippen LogP contribution in [0.4, 0.5) is 14.7 Å². The summed E-state index contributed by atoms with van der Waals surface area (Å²) in [7, 11) is 3.69. The molecule has 2 unspecified atom stereocenters. The number of ether oxygens (including phenoxy) is 1. The molecule has 63 heavy (non-hydrogen) atoms. The number of aryl methyl sites for hydroxylation is 2. The van der Waals surface area contributed by atoms with Crippen molar-refractivity contribution in [3.63, 3.8) is 0 Å². The number of imidazole rings is 1. The number of nitrogens with zero attached hydrogens (tertiary/aromatic N) is 7. The van der Waals surface area contributed by atoms with Crippen LogP contribution in [0.5, 0.6) is 5.88 Å². The van der Waals surface area contributed by atoms with Crippen molar-refractivity contribution in [1.29, 1.82) is 0 Å². The van der Waals surface area contributed by atoms with Crippen molar-refractivity contribution in [3.8, 4) is 17.1 Å². The molecule has 330 valence electrons. The van der Waals surface area contributed by atoms with Gasteiger partial charge in [-0.25, -0.2) is 18.4 Å². The number of nitrogens with one attached hydrogen (secondary N) is 2. The molecule has 5 aromatic rings. The number of hydrogen-bond acceptors (Lipinski definition) is 9. The zero-order valence-electron chi connectivity index (χ0n) is 36.1. The van der Waals surface area contributed by atoms with Gasteiger partial charge in [0, 0.05) is 74.1 Å². The van der Waals surface area contributed by atoms with Crippen LogP contribution >= 0.6 is 0 Å². The number of carbonyl (C=O) groups is 4. The number of amides is 4. The van der Waals surface area contributed by atoms with Gasteiger partial charge in [0.05, 0.1) is 41.0 Å². The highest BCUT2D eigenvalue weighted by atomic mass is 19.1. The molecule has 4 aliphatic heterocycles. The van der Waals surface area contributed by atoms with Crippen LogP contribution in [0, 0.1) is 24.5 Å². The quantitative estimate of drug-likeness (QED) is 0.178. The van der Waals surface area contributed by atoms with Gasteiger partial charge in [0.2, 0.25) is 23.6 Å². The minimum atomic E-state index is -1.03. The molecule has 0 radical (unpaired) electrons. The van der Waals surface area contributed by atoms with Crippen molar-refractivity contribution in [2.75, 3.05) is 25.5 Å². The molecule has 9 rings (SSSR count). The number of benzene rings is 2. The van der Waals surface area contributed by atoms with Crippen molar-refractivity contribution in [2.24, 2.45) is 13.0 Å². The fourth-order valence-corrected chi connectivity index (χ4v) is 10.3. The Morgan fingerprint density at radius 3 is 2.46 bits per heavy atom. The SMILES string of the molecule is Cc1cc2cc(n1)-c1cnn(C)c1OCCC[C@@H](C)Cn1c(nc3ccc(C(=O)N(C)C4CC5CCCC(C4)N5CCc4cc(F)c([C@H]5CCC(=O)NC5=O)c(F)c4)cc31)NC2=O. The van der Waals surface area contributed by atoms with Crippen molar-refractivity contribution in [2.45, 2.75) is 109 Å². The first kappa shape index (κ1) is 42.3. The van der Waals surface area contributed by atoms with Crippen LogP contribution < -0.4 is 15.4 Å². The largest absolute Gasteiger partial charge is 0.477 e. The van der Waals surface area contributed by atoms with E-state index in [2.05, 4.69) is 27.6 Å². The van der Waals surface area contributed by atoms with E-state index in [1.807, 2.05) is 42.6 Å². The number of hydrogen-bond donors (Lipinski definition) is 2. The number of carbonyl (C=O) groups excluding carboxylic acids is 4. The average Bonchev–Trinajstić information content (AvgIpc) is 3.78. The van der Waals surface area contributed by atoms with E-state index < -0.39 is 29.4 Å². The van der Waals surface area contributed by atoms with Crippen molar-refractivity contribution < 1.29 is 32.7 Å². The summed E-state index contributed by atoms with van der Waals surface area (Å²) >= 11 is 0. The van der Waals surface area contributed by atoms with Gasteiger partial charge in [0.1, 0.15) is 11.6 Å². The van der Waals surface area contributed by atoms with Crippen molar-refractivity contribution >= 4 is 40.6 Å². The Morgan fingerprint density at radius 2 is 1.71 bits per heavy atom. The van der Waals surface area contributed by atoms with E-state index >= 15 is 8.78 Å². The van der Waals surface area contributed by atoms with E-state index in [9.17, 15) is 19.2 Å². The lowest BCUT2D eigenvalue weighted by Crippen LogP contribution is -2.57. The first-order valence-electron chi connectivity index (χ1n) is 22.1. The normalized spacial score (nSPS) is 23.1.